The summed E-state index contributed by atoms with van der Waals surface area (Å²) in [5.74, 6) is 0. The van der Waals surface area contributed by atoms with Gasteiger partial charge in [-0.2, -0.15) is 0 Å². The third-order valence-electron chi connectivity index (χ3n) is 1.87. The molecule has 0 aromatic carbocycles. The zero-order chi connectivity index (χ0) is 9.26. The Bertz CT molecular complexity index is 426. The third kappa shape index (κ3) is 1.57. The highest BCUT2D eigenvalue weighted by Crippen LogP contribution is 2.32. The average molecular weight is 208 g/mol. The van der Waals surface area contributed by atoms with Crippen LogP contribution in [0.25, 0.3) is 10.4 Å². The Balaban J connectivity index is 2.46. The van der Waals surface area contributed by atoms with Gasteiger partial charge >= 0.3 is 0 Å². The van der Waals surface area contributed by atoms with Gasteiger partial charge in [-0.3, -0.25) is 4.79 Å². The van der Waals surface area contributed by atoms with Gasteiger partial charge in [0, 0.05) is 15.3 Å². The predicted octanol–water partition coefficient (Wildman–Crippen LogP) is 3.60. The molecule has 66 valence electrons. The zero-order valence-electron chi connectivity index (χ0n) is 7.11. The maximum absolute atomic E-state index is 10.5. The zero-order valence-corrected chi connectivity index (χ0v) is 8.74. The van der Waals surface area contributed by atoms with Gasteiger partial charge < -0.3 is 0 Å². The highest BCUT2D eigenvalue weighted by Gasteiger charge is 2.05. The first-order valence-electron chi connectivity index (χ1n) is 3.91. The van der Waals surface area contributed by atoms with Crippen molar-refractivity contribution in [3.63, 3.8) is 0 Å². The number of carbonyl (C=O) groups excluding carboxylic acids is 1. The summed E-state index contributed by atoms with van der Waals surface area (Å²) < 4.78 is 0. The highest BCUT2D eigenvalue weighted by molar-refractivity contribution is 7.17. The molecule has 3 heteroatoms. The van der Waals surface area contributed by atoms with Gasteiger partial charge in [0.15, 0.2) is 6.29 Å². The summed E-state index contributed by atoms with van der Waals surface area (Å²) in [5, 5.41) is 2.07. The molecule has 0 unspecified atom stereocenters. The average Bonchev–Trinajstić information content (AvgIpc) is 2.71. The normalized spacial score (nSPS) is 10.2. The summed E-state index contributed by atoms with van der Waals surface area (Å²) >= 11 is 3.28. The molecular weight excluding hydrogens is 200 g/mol. The van der Waals surface area contributed by atoms with E-state index in [1.165, 1.54) is 15.3 Å². The van der Waals surface area contributed by atoms with E-state index in [0.717, 1.165) is 11.2 Å². The number of rotatable bonds is 2. The Morgan fingerprint density at radius 1 is 1.31 bits per heavy atom. The number of carbonyl (C=O) groups is 1. The Labute approximate surface area is 84.7 Å². The van der Waals surface area contributed by atoms with E-state index < -0.39 is 0 Å². The second kappa shape index (κ2) is 3.44. The molecule has 0 atom stereocenters. The number of hydrogen-bond donors (Lipinski definition) is 0. The van der Waals surface area contributed by atoms with Crippen LogP contribution < -0.4 is 0 Å². The molecule has 0 aliphatic rings. The van der Waals surface area contributed by atoms with Gasteiger partial charge in [-0.15, -0.1) is 22.7 Å². The van der Waals surface area contributed by atoms with Crippen molar-refractivity contribution in [2.75, 3.05) is 0 Å². The van der Waals surface area contributed by atoms with Crippen molar-refractivity contribution in [2.24, 2.45) is 0 Å². The van der Waals surface area contributed by atoms with E-state index in [2.05, 4.69) is 18.4 Å². The second-order valence-corrected chi connectivity index (χ2v) is 4.95. The molecule has 0 bridgehead atoms. The molecule has 2 heterocycles. The van der Waals surface area contributed by atoms with Crippen LogP contribution in [0.3, 0.4) is 0 Å². The first-order valence-corrected chi connectivity index (χ1v) is 5.60. The summed E-state index contributed by atoms with van der Waals surface area (Å²) in [6, 6.07) is 5.97. The van der Waals surface area contributed by atoms with E-state index in [0.29, 0.717) is 0 Å². The Kier molecular flexibility index (Phi) is 2.29. The lowest BCUT2D eigenvalue weighted by molar-refractivity contribution is 0.112. The van der Waals surface area contributed by atoms with Gasteiger partial charge in [0.05, 0.1) is 4.88 Å². The fraction of sp³-hybridized carbons (Fsp3) is 0.100. The fourth-order valence-corrected chi connectivity index (χ4v) is 2.88. The van der Waals surface area contributed by atoms with Crippen molar-refractivity contribution in [1.82, 2.24) is 0 Å². The topological polar surface area (TPSA) is 17.1 Å². The van der Waals surface area contributed by atoms with Gasteiger partial charge in [-0.1, -0.05) is 0 Å². The molecule has 0 N–H and O–H groups in total. The minimum absolute atomic E-state index is 0.792. The maximum atomic E-state index is 10.5. The molecule has 0 spiro atoms. The quantitative estimate of drug-likeness (QED) is 0.689. The van der Waals surface area contributed by atoms with E-state index in [1.54, 1.807) is 22.7 Å². The van der Waals surface area contributed by atoms with Crippen LogP contribution in [0.4, 0.5) is 0 Å². The van der Waals surface area contributed by atoms with E-state index in [9.17, 15) is 4.79 Å². The molecule has 0 aliphatic carbocycles. The number of hydrogen-bond acceptors (Lipinski definition) is 3. The molecule has 2 rings (SSSR count). The van der Waals surface area contributed by atoms with E-state index >= 15 is 0 Å². The van der Waals surface area contributed by atoms with Crippen LogP contribution in [0.2, 0.25) is 0 Å². The van der Waals surface area contributed by atoms with Crippen molar-refractivity contribution in [3.05, 3.63) is 33.3 Å². The molecule has 0 fully saturated rings. The van der Waals surface area contributed by atoms with E-state index in [4.69, 9.17) is 0 Å². The molecular formula is C10H8OS2. The minimum Gasteiger partial charge on any atom is -0.297 e. The summed E-state index contributed by atoms with van der Waals surface area (Å²) in [7, 11) is 0. The van der Waals surface area contributed by atoms with E-state index in [1.807, 2.05) is 12.1 Å². The van der Waals surface area contributed by atoms with Gasteiger partial charge in [0.2, 0.25) is 0 Å². The maximum Gasteiger partial charge on any atom is 0.160 e. The summed E-state index contributed by atoms with van der Waals surface area (Å²) in [6.07, 6.45) is 0.899. The van der Waals surface area contributed by atoms with E-state index in [-0.39, 0.29) is 0 Å². The van der Waals surface area contributed by atoms with Crippen molar-refractivity contribution in [2.45, 2.75) is 6.92 Å². The van der Waals surface area contributed by atoms with Crippen molar-refractivity contribution in [3.8, 4) is 10.4 Å². The van der Waals surface area contributed by atoms with Crippen LogP contribution in [0.5, 0.6) is 0 Å². The lowest BCUT2D eigenvalue weighted by Crippen LogP contribution is -1.67. The fourth-order valence-electron chi connectivity index (χ4n) is 1.20. The molecule has 0 amide bonds. The van der Waals surface area contributed by atoms with Gasteiger partial charge in [0.25, 0.3) is 0 Å². The second-order valence-electron chi connectivity index (χ2n) is 2.71. The molecule has 0 aliphatic heterocycles. The lowest BCUT2D eigenvalue weighted by Gasteiger charge is -1.92. The number of aryl methyl sites for hydroxylation is 1. The van der Waals surface area contributed by atoms with Crippen LogP contribution in [-0.2, 0) is 0 Å². The number of thiophene rings is 2. The predicted molar refractivity (Wildman–Crippen MR) is 57.8 cm³/mol. The van der Waals surface area contributed by atoms with Crippen LogP contribution in [0.15, 0.2) is 23.6 Å². The monoisotopic (exact) mass is 208 g/mol. The Morgan fingerprint density at radius 3 is 2.69 bits per heavy atom. The van der Waals surface area contributed by atoms with Gasteiger partial charge in [-0.05, 0) is 30.5 Å². The first-order chi connectivity index (χ1) is 6.31. The summed E-state index contributed by atoms with van der Waals surface area (Å²) in [5.41, 5.74) is 1.25. The largest absolute Gasteiger partial charge is 0.297 e. The highest BCUT2D eigenvalue weighted by atomic mass is 32.1. The smallest absolute Gasteiger partial charge is 0.160 e. The lowest BCUT2D eigenvalue weighted by atomic mass is 10.2. The van der Waals surface area contributed by atoms with Crippen molar-refractivity contribution < 1.29 is 4.79 Å². The van der Waals surface area contributed by atoms with Gasteiger partial charge in [-0.25, -0.2) is 0 Å². The van der Waals surface area contributed by atoms with Crippen LogP contribution in [0, 0.1) is 6.92 Å². The molecule has 0 radical (unpaired) electrons. The SMILES string of the molecule is Cc1sccc1-c1ccc(C=O)s1. The summed E-state index contributed by atoms with van der Waals surface area (Å²) in [4.78, 5) is 13.8. The van der Waals surface area contributed by atoms with Crippen molar-refractivity contribution >= 4 is 29.0 Å². The standard InChI is InChI=1S/C10H8OS2/c1-7-9(4-5-12-7)10-3-2-8(6-11)13-10/h2-6H,1H3. The van der Waals surface area contributed by atoms with Crippen LogP contribution in [-0.4, -0.2) is 6.29 Å². The Hall–Kier alpha value is -0.930. The molecule has 0 saturated heterocycles. The number of aldehydes is 1. The van der Waals surface area contributed by atoms with Gasteiger partial charge in [0.1, 0.15) is 0 Å². The molecule has 1 nitrogen and oxygen atoms in total. The molecule has 2 aromatic rings. The third-order valence-corrected chi connectivity index (χ3v) is 3.76. The molecule has 2 aromatic heterocycles. The molecule has 13 heavy (non-hydrogen) atoms. The Morgan fingerprint density at radius 2 is 2.15 bits per heavy atom. The summed E-state index contributed by atoms with van der Waals surface area (Å²) in [6.45, 7) is 2.10. The van der Waals surface area contributed by atoms with Crippen LogP contribution >= 0.6 is 22.7 Å². The van der Waals surface area contributed by atoms with Crippen LogP contribution in [0.1, 0.15) is 14.5 Å². The molecule has 0 saturated carbocycles. The minimum atomic E-state index is 0.792. The first kappa shape index (κ1) is 8.66. The van der Waals surface area contributed by atoms with Crippen molar-refractivity contribution in [1.29, 1.82) is 0 Å².